The predicted octanol–water partition coefficient (Wildman–Crippen LogP) is 3.22. The largest absolute Gasteiger partial charge is 0.478 e. The molecule has 0 aliphatic carbocycles. The average Bonchev–Trinajstić information content (AvgIpc) is 2.13. The molecule has 1 aromatic rings. The molecule has 1 rings (SSSR count). The second-order valence-corrected chi connectivity index (χ2v) is 5.23. The van der Waals surface area contributed by atoms with Gasteiger partial charge >= 0.3 is 5.97 Å². The van der Waals surface area contributed by atoms with Crippen LogP contribution in [0.25, 0.3) is 0 Å². The maximum Gasteiger partial charge on any atom is 0.339 e. The number of nitrogens with one attached hydrogen (secondary N) is 1. The summed E-state index contributed by atoms with van der Waals surface area (Å²) < 4.78 is 0.959. The Labute approximate surface area is 118 Å². The van der Waals surface area contributed by atoms with Crippen LogP contribution < -0.4 is 11.1 Å². The zero-order chi connectivity index (χ0) is 12.5. The quantitative estimate of drug-likeness (QED) is 0.536. The number of carboxylic acids is 1. The molecular formula is C8H5Br2ClN2O2S. The van der Waals surface area contributed by atoms with Crippen LogP contribution in [0.1, 0.15) is 10.4 Å². The van der Waals surface area contributed by atoms with Gasteiger partial charge in [-0.3, -0.25) is 0 Å². The minimum atomic E-state index is -1.18. The highest BCUT2D eigenvalue weighted by Gasteiger charge is 2.20. The molecule has 1 aromatic carbocycles. The molecule has 0 saturated carbocycles. The van der Waals surface area contributed by atoms with E-state index in [0.29, 0.717) is 8.95 Å². The third-order valence-corrected chi connectivity index (χ3v) is 3.61. The Bertz CT molecular complexity index is 482. The summed E-state index contributed by atoms with van der Waals surface area (Å²) in [5.74, 6) is -1.18. The predicted molar refractivity (Wildman–Crippen MR) is 74.2 cm³/mol. The van der Waals surface area contributed by atoms with Gasteiger partial charge in [-0.05, 0) is 50.1 Å². The molecule has 0 aromatic heterocycles. The normalized spacial score (nSPS) is 9.94. The summed E-state index contributed by atoms with van der Waals surface area (Å²) in [4.78, 5) is 11.1. The molecule has 0 aliphatic rings. The van der Waals surface area contributed by atoms with E-state index in [1.54, 1.807) is 6.07 Å². The first-order chi connectivity index (χ1) is 7.34. The van der Waals surface area contributed by atoms with Gasteiger partial charge in [0.25, 0.3) is 0 Å². The standard InChI is InChI=1S/C8H5Br2ClN2O2S/c9-2-1-3(10)6(13-8(12)16)4(5(2)11)7(14)15/h1H,(H,14,15)(H3,12,13,16). The Morgan fingerprint density at radius 1 is 1.50 bits per heavy atom. The molecule has 0 saturated heterocycles. The lowest BCUT2D eigenvalue weighted by atomic mass is 10.2. The summed E-state index contributed by atoms with van der Waals surface area (Å²) in [5.41, 5.74) is 5.43. The van der Waals surface area contributed by atoms with Crippen molar-refractivity contribution in [2.75, 3.05) is 5.32 Å². The molecule has 86 valence electrons. The maximum absolute atomic E-state index is 11.1. The molecule has 0 spiro atoms. The van der Waals surface area contributed by atoms with Crippen molar-refractivity contribution in [2.45, 2.75) is 0 Å². The van der Waals surface area contributed by atoms with Gasteiger partial charge < -0.3 is 16.2 Å². The maximum atomic E-state index is 11.1. The Kier molecular flexibility index (Phi) is 4.54. The highest BCUT2D eigenvalue weighted by Crippen LogP contribution is 2.37. The van der Waals surface area contributed by atoms with Crippen molar-refractivity contribution < 1.29 is 9.90 Å². The molecule has 16 heavy (non-hydrogen) atoms. The van der Waals surface area contributed by atoms with E-state index >= 15 is 0 Å². The molecule has 0 atom stereocenters. The first kappa shape index (κ1) is 13.7. The van der Waals surface area contributed by atoms with Crippen molar-refractivity contribution in [3.8, 4) is 0 Å². The van der Waals surface area contributed by atoms with E-state index in [4.69, 9.17) is 22.4 Å². The number of hydrogen-bond acceptors (Lipinski definition) is 2. The van der Waals surface area contributed by atoms with Gasteiger partial charge in [-0.15, -0.1) is 0 Å². The van der Waals surface area contributed by atoms with Crippen LogP contribution in [0, 0.1) is 0 Å². The number of aromatic carboxylic acids is 1. The number of rotatable bonds is 2. The van der Waals surface area contributed by atoms with E-state index in [9.17, 15) is 4.79 Å². The number of thiocarbonyl (C=S) groups is 1. The molecule has 0 radical (unpaired) electrons. The second-order valence-electron chi connectivity index (χ2n) is 2.70. The number of nitrogens with two attached hydrogens (primary N) is 1. The van der Waals surface area contributed by atoms with E-state index in [0.717, 1.165) is 0 Å². The minimum Gasteiger partial charge on any atom is -0.478 e. The molecular weight excluding hydrogens is 383 g/mol. The van der Waals surface area contributed by atoms with Crippen LogP contribution in [0.3, 0.4) is 0 Å². The SMILES string of the molecule is NC(=S)Nc1c(Br)cc(Br)c(Cl)c1C(=O)O. The van der Waals surface area contributed by atoms with Gasteiger partial charge in [0.2, 0.25) is 0 Å². The van der Waals surface area contributed by atoms with E-state index in [-0.39, 0.29) is 21.4 Å². The van der Waals surface area contributed by atoms with E-state index < -0.39 is 5.97 Å². The van der Waals surface area contributed by atoms with Crippen LogP contribution in [0.15, 0.2) is 15.0 Å². The van der Waals surface area contributed by atoms with Crippen molar-refractivity contribution in [2.24, 2.45) is 5.73 Å². The van der Waals surface area contributed by atoms with Crippen LogP contribution in [0.4, 0.5) is 5.69 Å². The lowest BCUT2D eigenvalue weighted by Gasteiger charge is -2.12. The Hall–Kier alpha value is -0.370. The van der Waals surface area contributed by atoms with Crippen molar-refractivity contribution in [1.82, 2.24) is 0 Å². The summed E-state index contributed by atoms with van der Waals surface area (Å²) in [5, 5.41) is 11.7. The van der Waals surface area contributed by atoms with Crippen LogP contribution in [0.5, 0.6) is 0 Å². The lowest BCUT2D eigenvalue weighted by Crippen LogP contribution is -2.21. The van der Waals surface area contributed by atoms with Crippen molar-refractivity contribution in [3.05, 3.63) is 25.6 Å². The fourth-order valence-electron chi connectivity index (χ4n) is 1.04. The van der Waals surface area contributed by atoms with Gasteiger partial charge in [-0.1, -0.05) is 11.6 Å². The van der Waals surface area contributed by atoms with Crippen molar-refractivity contribution in [3.63, 3.8) is 0 Å². The molecule has 0 bridgehead atoms. The topological polar surface area (TPSA) is 75.3 Å². The van der Waals surface area contributed by atoms with Gasteiger partial charge in [0, 0.05) is 8.95 Å². The monoisotopic (exact) mass is 386 g/mol. The number of hydrogen-bond donors (Lipinski definition) is 3. The molecule has 0 amide bonds. The first-order valence-corrected chi connectivity index (χ1v) is 6.19. The smallest absolute Gasteiger partial charge is 0.339 e. The first-order valence-electron chi connectivity index (χ1n) is 3.81. The summed E-state index contributed by atoms with van der Waals surface area (Å²) in [6, 6.07) is 1.61. The zero-order valence-corrected chi connectivity index (χ0v) is 12.3. The number of halogens is 3. The van der Waals surface area contributed by atoms with Gasteiger partial charge in [0.15, 0.2) is 5.11 Å². The Morgan fingerprint density at radius 3 is 2.50 bits per heavy atom. The van der Waals surface area contributed by atoms with Crippen molar-refractivity contribution >= 4 is 72.4 Å². The summed E-state index contributed by atoms with van der Waals surface area (Å²) in [7, 11) is 0. The van der Waals surface area contributed by atoms with Gasteiger partial charge in [-0.25, -0.2) is 4.79 Å². The summed E-state index contributed by atoms with van der Waals surface area (Å²) in [6.45, 7) is 0. The molecule has 8 heteroatoms. The van der Waals surface area contributed by atoms with Gasteiger partial charge in [0.1, 0.15) is 5.56 Å². The van der Waals surface area contributed by atoms with E-state index in [1.165, 1.54) is 0 Å². The van der Waals surface area contributed by atoms with Gasteiger partial charge in [0.05, 0.1) is 10.7 Å². The molecule has 4 nitrogen and oxygen atoms in total. The number of benzene rings is 1. The molecule has 4 N–H and O–H groups in total. The summed E-state index contributed by atoms with van der Waals surface area (Å²) in [6.07, 6.45) is 0. The van der Waals surface area contributed by atoms with Gasteiger partial charge in [-0.2, -0.15) is 0 Å². The summed E-state index contributed by atoms with van der Waals surface area (Å²) >= 11 is 16.9. The zero-order valence-electron chi connectivity index (χ0n) is 7.55. The number of carbonyl (C=O) groups is 1. The highest BCUT2D eigenvalue weighted by atomic mass is 79.9. The lowest BCUT2D eigenvalue weighted by molar-refractivity contribution is 0.0698. The average molecular weight is 388 g/mol. The second kappa shape index (κ2) is 5.31. The third-order valence-electron chi connectivity index (χ3n) is 1.63. The molecule has 0 unspecified atom stereocenters. The molecule has 0 aliphatic heterocycles. The van der Waals surface area contributed by atoms with E-state index in [2.05, 4.69) is 49.4 Å². The fourth-order valence-corrected chi connectivity index (χ4v) is 2.63. The number of anilines is 1. The van der Waals surface area contributed by atoms with Crippen LogP contribution in [0.2, 0.25) is 5.02 Å². The van der Waals surface area contributed by atoms with Crippen LogP contribution >= 0.6 is 55.7 Å². The third kappa shape index (κ3) is 2.85. The minimum absolute atomic E-state index is 0.0402. The van der Waals surface area contributed by atoms with Crippen molar-refractivity contribution in [1.29, 1.82) is 0 Å². The van der Waals surface area contributed by atoms with Crippen LogP contribution in [-0.4, -0.2) is 16.2 Å². The Morgan fingerprint density at radius 2 is 2.06 bits per heavy atom. The molecule has 0 fully saturated rings. The van der Waals surface area contributed by atoms with Crippen LogP contribution in [-0.2, 0) is 0 Å². The number of carboxylic acid groups (broad SMARTS) is 1. The Balaban J connectivity index is 3.50. The molecule has 0 heterocycles. The fraction of sp³-hybridized carbons (Fsp3) is 0. The highest BCUT2D eigenvalue weighted by molar-refractivity contribution is 9.11. The van der Waals surface area contributed by atoms with E-state index in [1.807, 2.05) is 0 Å².